The standard InChI is InChI=1S/C12H14N2.ClH/c13-8-5-6-10-9-3-1-2-4-11(9)14-12(10)7-8;/h1-4,8,14H,5-7,13H2;1H/t8-;/m0./s1. The lowest BCUT2D eigenvalue weighted by Gasteiger charge is -2.17. The van der Waals surface area contributed by atoms with Crippen LogP contribution in [-0.4, -0.2) is 11.0 Å². The summed E-state index contributed by atoms with van der Waals surface area (Å²) in [6.07, 6.45) is 3.25. The van der Waals surface area contributed by atoms with Crippen LogP contribution in [0.4, 0.5) is 0 Å². The van der Waals surface area contributed by atoms with Crippen molar-refractivity contribution in [1.29, 1.82) is 0 Å². The Morgan fingerprint density at radius 2 is 2.07 bits per heavy atom. The fourth-order valence-electron chi connectivity index (χ4n) is 2.41. The van der Waals surface area contributed by atoms with Gasteiger partial charge in [0.15, 0.2) is 0 Å². The smallest absolute Gasteiger partial charge is 0.0458 e. The molecule has 0 unspecified atom stereocenters. The Bertz CT molecular complexity index is 475. The van der Waals surface area contributed by atoms with Gasteiger partial charge in [-0.2, -0.15) is 0 Å². The van der Waals surface area contributed by atoms with Crippen LogP contribution < -0.4 is 5.73 Å². The minimum atomic E-state index is 0. The molecule has 80 valence electrons. The number of fused-ring (bicyclic) bond motifs is 3. The zero-order chi connectivity index (χ0) is 9.54. The number of benzene rings is 1. The molecular weight excluding hydrogens is 208 g/mol. The quantitative estimate of drug-likeness (QED) is 0.706. The summed E-state index contributed by atoms with van der Waals surface area (Å²) in [5.41, 5.74) is 10.0. The summed E-state index contributed by atoms with van der Waals surface area (Å²) < 4.78 is 0. The van der Waals surface area contributed by atoms with Crippen LogP contribution in [0.3, 0.4) is 0 Å². The van der Waals surface area contributed by atoms with E-state index in [0.717, 1.165) is 19.3 Å². The van der Waals surface area contributed by atoms with Crippen LogP contribution in [0, 0.1) is 0 Å². The van der Waals surface area contributed by atoms with Crippen molar-refractivity contribution in [1.82, 2.24) is 4.98 Å². The van der Waals surface area contributed by atoms with Crippen molar-refractivity contribution in [3.63, 3.8) is 0 Å². The third kappa shape index (κ3) is 1.64. The number of para-hydroxylation sites is 1. The molecule has 0 radical (unpaired) electrons. The van der Waals surface area contributed by atoms with Gasteiger partial charge in [-0.25, -0.2) is 0 Å². The predicted octanol–water partition coefficient (Wildman–Crippen LogP) is 2.41. The van der Waals surface area contributed by atoms with Crippen LogP contribution in [0.15, 0.2) is 24.3 Å². The van der Waals surface area contributed by atoms with Gasteiger partial charge in [0.2, 0.25) is 0 Å². The molecule has 0 amide bonds. The largest absolute Gasteiger partial charge is 0.358 e. The number of hydrogen-bond donors (Lipinski definition) is 2. The Kier molecular flexibility index (Phi) is 2.72. The molecule has 2 aromatic rings. The lowest BCUT2D eigenvalue weighted by atomic mass is 9.92. The van der Waals surface area contributed by atoms with Crippen molar-refractivity contribution in [3.8, 4) is 0 Å². The molecule has 1 aromatic heterocycles. The topological polar surface area (TPSA) is 41.8 Å². The van der Waals surface area contributed by atoms with Gasteiger partial charge in [-0.05, 0) is 24.5 Å². The average molecular weight is 223 g/mol. The molecule has 1 heterocycles. The summed E-state index contributed by atoms with van der Waals surface area (Å²) in [5, 5.41) is 1.38. The van der Waals surface area contributed by atoms with Gasteiger partial charge in [0.05, 0.1) is 0 Å². The highest BCUT2D eigenvalue weighted by Gasteiger charge is 2.19. The molecule has 0 saturated carbocycles. The number of hydrogen-bond acceptors (Lipinski definition) is 1. The number of H-pyrrole nitrogens is 1. The van der Waals surface area contributed by atoms with Gasteiger partial charge in [0, 0.05) is 29.1 Å². The van der Waals surface area contributed by atoms with Crippen LogP contribution in [0.2, 0.25) is 0 Å². The van der Waals surface area contributed by atoms with Crippen molar-refractivity contribution in [2.24, 2.45) is 5.73 Å². The highest BCUT2D eigenvalue weighted by atomic mass is 35.5. The lowest BCUT2D eigenvalue weighted by molar-refractivity contribution is 0.572. The van der Waals surface area contributed by atoms with E-state index in [1.807, 2.05) is 0 Å². The van der Waals surface area contributed by atoms with Crippen LogP contribution in [0.5, 0.6) is 0 Å². The minimum absolute atomic E-state index is 0. The summed E-state index contributed by atoms with van der Waals surface area (Å²) in [6, 6.07) is 8.85. The fraction of sp³-hybridized carbons (Fsp3) is 0.333. The Morgan fingerprint density at radius 1 is 1.27 bits per heavy atom. The Balaban J connectivity index is 0.000000853. The highest BCUT2D eigenvalue weighted by molar-refractivity contribution is 5.85. The molecule has 1 atom stereocenters. The molecule has 3 N–H and O–H groups in total. The molecule has 15 heavy (non-hydrogen) atoms. The maximum atomic E-state index is 5.95. The number of nitrogens with two attached hydrogens (primary N) is 1. The minimum Gasteiger partial charge on any atom is -0.358 e. The molecule has 1 aromatic carbocycles. The molecule has 3 rings (SSSR count). The van der Waals surface area contributed by atoms with E-state index in [1.165, 1.54) is 22.2 Å². The number of rotatable bonds is 0. The van der Waals surface area contributed by atoms with Crippen LogP contribution >= 0.6 is 12.4 Å². The third-order valence-corrected chi connectivity index (χ3v) is 3.13. The zero-order valence-electron chi connectivity index (χ0n) is 8.49. The Hall–Kier alpha value is -0.990. The van der Waals surface area contributed by atoms with Gasteiger partial charge in [-0.3, -0.25) is 0 Å². The number of aryl methyl sites for hydroxylation is 1. The van der Waals surface area contributed by atoms with E-state index in [1.54, 1.807) is 0 Å². The first-order chi connectivity index (χ1) is 6.84. The fourth-order valence-corrected chi connectivity index (χ4v) is 2.41. The van der Waals surface area contributed by atoms with Crippen molar-refractivity contribution < 1.29 is 0 Å². The zero-order valence-corrected chi connectivity index (χ0v) is 9.31. The summed E-state index contributed by atoms with van der Waals surface area (Å²) >= 11 is 0. The summed E-state index contributed by atoms with van der Waals surface area (Å²) in [4.78, 5) is 3.47. The molecule has 0 bridgehead atoms. The second-order valence-corrected chi connectivity index (χ2v) is 4.13. The number of aromatic amines is 1. The van der Waals surface area contributed by atoms with E-state index >= 15 is 0 Å². The predicted molar refractivity (Wildman–Crippen MR) is 65.5 cm³/mol. The van der Waals surface area contributed by atoms with Crippen molar-refractivity contribution in [2.45, 2.75) is 25.3 Å². The summed E-state index contributed by atoms with van der Waals surface area (Å²) in [7, 11) is 0. The first kappa shape index (κ1) is 10.5. The van der Waals surface area contributed by atoms with Crippen LogP contribution in [0.25, 0.3) is 10.9 Å². The number of aromatic nitrogens is 1. The molecular formula is C12H15ClN2. The van der Waals surface area contributed by atoms with Gasteiger partial charge < -0.3 is 10.7 Å². The van der Waals surface area contributed by atoms with E-state index in [2.05, 4.69) is 29.2 Å². The first-order valence-corrected chi connectivity index (χ1v) is 5.18. The van der Waals surface area contributed by atoms with Gasteiger partial charge in [-0.15, -0.1) is 12.4 Å². The van der Waals surface area contributed by atoms with Crippen molar-refractivity contribution in [3.05, 3.63) is 35.5 Å². The molecule has 0 fully saturated rings. The van der Waals surface area contributed by atoms with Gasteiger partial charge in [0.25, 0.3) is 0 Å². The third-order valence-electron chi connectivity index (χ3n) is 3.13. The maximum absolute atomic E-state index is 5.95. The van der Waals surface area contributed by atoms with E-state index in [9.17, 15) is 0 Å². The number of nitrogens with one attached hydrogen (secondary N) is 1. The Labute approximate surface area is 95.3 Å². The SMILES string of the molecule is Cl.N[C@H]1CCc2c([nH]c3ccccc23)C1. The monoisotopic (exact) mass is 222 g/mol. The summed E-state index contributed by atoms with van der Waals surface area (Å²) in [5.74, 6) is 0. The second-order valence-electron chi connectivity index (χ2n) is 4.13. The van der Waals surface area contributed by atoms with Gasteiger partial charge >= 0.3 is 0 Å². The van der Waals surface area contributed by atoms with Crippen LogP contribution in [-0.2, 0) is 12.8 Å². The average Bonchev–Trinajstić information content (AvgIpc) is 2.54. The van der Waals surface area contributed by atoms with Gasteiger partial charge in [0.1, 0.15) is 0 Å². The van der Waals surface area contributed by atoms with E-state index in [0.29, 0.717) is 6.04 Å². The molecule has 0 spiro atoms. The molecule has 2 nitrogen and oxygen atoms in total. The molecule has 1 aliphatic carbocycles. The number of halogens is 1. The summed E-state index contributed by atoms with van der Waals surface area (Å²) in [6.45, 7) is 0. The molecule has 0 aliphatic heterocycles. The molecule has 3 heteroatoms. The maximum Gasteiger partial charge on any atom is 0.0458 e. The highest BCUT2D eigenvalue weighted by Crippen LogP contribution is 2.28. The van der Waals surface area contributed by atoms with Crippen molar-refractivity contribution in [2.75, 3.05) is 0 Å². The van der Waals surface area contributed by atoms with Gasteiger partial charge in [-0.1, -0.05) is 18.2 Å². The van der Waals surface area contributed by atoms with E-state index in [4.69, 9.17) is 5.73 Å². The molecule has 1 aliphatic rings. The van der Waals surface area contributed by atoms with E-state index in [-0.39, 0.29) is 12.4 Å². The Morgan fingerprint density at radius 3 is 2.93 bits per heavy atom. The second kappa shape index (κ2) is 3.87. The lowest BCUT2D eigenvalue weighted by Crippen LogP contribution is -2.27. The van der Waals surface area contributed by atoms with Crippen molar-refractivity contribution >= 4 is 23.3 Å². The first-order valence-electron chi connectivity index (χ1n) is 5.18. The van der Waals surface area contributed by atoms with Crippen LogP contribution in [0.1, 0.15) is 17.7 Å². The molecule has 0 saturated heterocycles. The normalized spacial score (nSPS) is 19.7. The van der Waals surface area contributed by atoms with E-state index < -0.39 is 0 Å².